The molecule has 11 nitrogen and oxygen atoms in total. The maximum absolute atomic E-state index is 14.1. The maximum atomic E-state index is 14.1. The van der Waals surface area contributed by atoms with E-state index in [9.17, 15) is 14.4 Å². The molecule has 0 aliphatic carbocycles. The SMILES string of the molecule is CCOC(=O)C1=C(C)N=c2s/c(=C/c3ccc(-c4ccc(C(=O)OC)cc4C)o3)c(=O)n2[C@@H]1c1cc(OC)c(OC)c(OC)c1. The van der Waals surface area contributed by atoms with E-state index in [1.165, 1.54) is 44.3 Å². The zero-order valence-electron chi connectivity index (χ0n) is 25.9. The van der Waals surface area contributed by atoms with Gasteiger partial charge in [0.15, 0.2) is 16.3 Å². The Morgan fingerprint density at radius 2 is 1.69 bits per heavy atom. The number of aryl methyl sites for hydroxylation is 1. The lowest BCUT2D eigenvalue weighted by Crippen LogP contribution is -2.40. The minimum absolute atomic E-state index is 0.147. The number of nitrogens with zero attached hydrogens (tertiary/aromatic N) is 2. The van der Waals surface area contributed by atoms with E-state index in [1.54, 1.807) is 62.4 Å². The first-order valence-corrected chi connectivity index (χ1v) is 14.8. The average molecular weight is 633 g/mol. The number of aromatic nitrogens is 1. The molecule has 2 aromatic carbocycles. The van der Waals surface area contributed by atoms with E-state index in [1.807, 2.05) is 6.92 Å². The van der Waals surface area contributed by atoms with E-state index in [0.717, 1.165) is 11.1 Å². The van der Waals surface area contributed by atoms with Crippen molar-refractivity contribution in [1.82, 2.24) is 4.57 Å². The van der Waals surface area contributed by atoms with Crippen LogP contribution < -0.4 is 29.1 Å². The van der Waals surface area contributed by atoms with Gasteiger partial charge in [0.2, 0.25) is 5.75 Å². The van der Waals surface area contributed by atoms with Gasteiger partial charge < -0.3 is 28.1 Å². The van der Waals surface area contributed by atoms with Crippen molar-refractivity contribution in [3.05, 3.63) is 95.9 Å². The number of methoxy groups -OCH3 is 4. The minimum Gasteiger partial charge on any atom is -0.493 e. The summed E-state index contributed by atoms with van der Waals surface area (Å²) in [5, 5.41) is 0. The van der Waals surface area contributed by atoms with Gasteiger partial charge in [-0.1, -0.05) is 17.4 Å². The summed E-state index contributed by atoms with van der Waals surface area (Å²) < 4.78 is 34.7. The number of carbonyl (C=O) groups is 2. The number of hydrogen-bond donors (Lipinski definition) is 0. The third kappa shape index (κ3) is 5.76. The molecule has 0 N–H and O–H groups in total. The molecule has 45 heavy (non-hydrogen) atoms. The summed E-state index contributed by atoms with van der Waals surface area (Å²) in [4.78, 5) is 44.3. The molecular weight excluding hydrogens is 600 g/mol. The zero-order valence-corrected chi connectivity index (χ0v) is 26.7. The van der Waals surface area contributed by atoms with Gasteiger partial charge in [0.25, 0.3) is 5.56 Å². The number of thiazole rings is 1. The first kappa shape index (κ1) is 31.3. The molecule has 0 saturated carbocycles. The standard InChI is InChI=1S/C33H32N2O9S/c1-8-43-32(38)27-18(3)34-33-35(28(27)20-14-24(39-4)29(41-6)25(15-20)40-5)30(36)26(45-33)16-21-10-12-23(44-21)22-11-9-19(13-17(22)2)31(37)42-7/h9-16,28H,8H2,1-7H3/b26-16+/t28-/m1/s1. The van der Waals surface area contributed by atoms with Crippen LogP contribution in [0.2, 0.25) is 0 Å². The van der Waals surface area contributed by atoms with Crippen molar-refractivity contribution in [2.75, 3.05) is 35.0 Å². The summed E-state index contributed by atoms with van der Waals surface area (Å²) in [5.74, 6) is 1.10. The second-order valence-corrected chi connectivity index (χ2v) is 11.0. The zero-order chi connectivity index (χ0) is 32.4. The number of hydrogen-bond acceptors (Lipinski definition) is 11. The van der Waals surface area contributed by atoms with Crippen molar-refractivity contribution >= 4 is 29.4 Å². The molecule has 1 aliphatic heterocycles. The topological polar surface area (TPSA) is 128 Å². The number of ether oxygens (including phenoxy) is 5. The lowest BCUT2D eigenvalue weighted by Gasteiger charge is -2.26. The number of carbonyl (C=O) groups excluding carboxylic acids is 2. The molecule has 0 saturated heterocycles. The molecule has 12 heteroatoms. The van der Waals surface area contributed by atoms with Crippen LogP contribution >= 0.6 is 11.3 Å². The molecule has 2 aromatic heterocycles. The largest absolute Gasteiger partial charge is 0.493 e. The highest BCUT2D eigenvalue weighted by atomic mass is 32.1. The Kier molecular flexibility index (Phi) is 8.96. The molecule has 0 radical (unpaired) electrons. The van der Waals surface area contributed by atoms with Gasteiger partial charge >= 0.3 is 11.9 Å². The van der Waals surface area contributed by atoms with Crippen LogP contribution in [0.25, 0.3) is 17.4 Å². The van der Waals surface area contributed by atoms with Crippen LogP contribution in [0.15, 0.2) is 67.9 Å². The number of fused-ring (bicyclic) bond motifs is 1. The lowest BCUT2D eigenvalue weighted by molar-refractivity contribution is -0.139. The van der Waals surface area contributed by atoms with Gasteiger partial charge in [0.05, 0.1) is 62.5 Å². The third-order valence-electron chi connectivity index (χ3n) is 7.33. The summed E-state index contributed by atoms with van der Waals surface area (Å²) >= 11 is 1.17. The van der Waals surface area contributed by atoms with Gasteiger partial charge in [0.1, 0.15) is 11.5 Å². The van der Waals surface area contributed by atoms with Crippen LogP contribution in [-0.2, 0) is 14.3 Å². The molecule has 3 heterocycles. The molecule has 234 valence electrons. The van der Waals surface area contributed by atoms with Crippen molar-refractivity contribution in [1.29, 1.82) is 0 Å². The smallest absolute Gasteiger partial charge is 0.338 e. The van der Waals surface area contributed by atoms with Gasteiger partial charge in [-0.3, -0.25) is 9.36 Å². The quantitative estimate of drug-likeness (QED) is 0.250. The lowest BCUT2D eigenvalue weighted by atomic mass is 9.95. The monoisotopic (exact) mass is 632 g/mol. The highest BCUT2D eigenvalue weighted by Gasteiger charge is 2.34. The predicted octanol–water partition coefficient (Wildman–Crippen LogP) is 4.18. The Balaban J connectivity index is 1.64. The van der Waals surface area contributed by atoms with Crippen molar-refractivity contribution < 1.29 is 37.7 Å². The number of rotatable bonds is 9. The Labute approximate surface area is 262 Å². The van der Waals surface area contributed by atoms with Gasteiger partial charge in [-0.2, -0.15) is 0 Å². The Morgan fingerprint density at radius 3 is 2.29 bits per heavy atom. The second kappa shape index (κ2) is 12.9. The van der Waals surface area contributed by atoms with Gasteiger partial charge in [-0.05, 0) is 68.3 Å². The molecule has 5 rings (SSSR count). The molecule has 0 amide bonds. The van der Waals surface area contributed by atoms with Crippen molar-refractivity contribution in [2.45, 2.75) is 26.8 Å². The summed E-state index contributed by atoms with van der Waals surface area (Å²) in [6, 6.07) is 11.3. The van der Waals surface area contributed by atoms with Crippen LogP contribution in [-0.4, -0.2) is 51.6 Å². The Hall–Kier alpha value is -5.10. The molecule has 0 bridgehead atoms. The van der Waals surface area contributed by atoms with Crippen LogP contribution in [0.1, 0.15) is 47.1 Å². The van der Waals surface area contributed by atoms with E-state index in [-0.39, 0.29) is 17.7 Å². The normalized spacial score (nSPS) is 14.5. The van der Waals surface area contributed by atoms with E-state index in [0.29, 0.717) is 54.9 Å². The number of allylic oxidation sites excluding steroid dienone is 1. The van der Waals surface area contributed by atoms with Crippen LogP contribution in [0.3, 0.4) is 0 Å². The fraction of sp³-hybridized carbons (Fsp3) is 0.273. The van der Waals surface area contributed by atoms with E-state index >= 15 is 0 Å². The Morgan fingerprint density at radius 1 is 0.978 bits per heavy atom. The highest BCUT2D eigenvalue weighted by molar-refractivity contribution is 7.07. The van der Waals surface area contributed by atoms with Crippen molar-refractivity contribution in [2.24, 2.45) is 4.99 Å². The molecule has 4 aromatic rings. The molecular formula is C33H32N2O9S. The van der Waals surface area contributed by atoms with E-state index < -0.39 is 18.0 Å². The van der Waals surface area contributed by atoms with Gasteiger partial charge in [-0.15, -0.1) is 0 Å². The van der Waals surface area contributed by atoms with Crippen LogP contribution in [0.4, 0.5) is 0 Å². The fourth-order valence-electron chi connectivity index (χ4n) is 5.26. The van der Waals surface area contributed by atoms with Crippen molar-refractivity contribution in [3.8, 4) is 28.6 Å². The first-order valence-electron chi connectivity index (χ1n) is 13.9. The van der Waals surface area contributed by atoms with Gasteiger partial charge in [-0.25, -0.2) is 14.6 Å². The van der Waals surface area contributed by atoms with Crippen LogP contribution in [0.5, 0.6) is 17.2 Å². The maximum Gasteiger partial charge on any atom is 0.338 e. The fourth-order valence-corrected chi connectivity index (χ4v) is 6.28. The Bertz CT molecular complexity index is 1990. The average Bonchev–Trinajstić information content (AvgIpc) is 3.62. The molecule has 1 aliphatic rings. The second-order valence-electron chi connectivity index (χ2n) is 9.98. The number of benzene rings is 2. The summed E-state index contributed by atoms with van der Waals surface area (Å²) in [6.45, 7) is 5.44. The van der Waals surface area contributed by atoms with E-state index in [2.05, 4.69) is 4.99 Å². The number of furan rings is 1. The minimum atomic E-state index is -0.890. The molecule has 0 spiro atoms. The summed E-state index contributed by atoms with van der Waals surface area (Å²) in [7, 11) is 5.81. The molecule has 0 fully saturated rings. The van der Waals surface area contributed by atoms with E-state index in [4.69, 9.17) is 28.1 Å². The van der Waals surface area contributed by atoms with Crippen LogP contribution in [0, 0.1) is 6.92 Å². The van der Waals surface area contributed by atoms with Crippen molar-refractivity contribution in [3.63, 3.8) is 0 Å². The predicted molar refractivity (Wildman–Crippen MR) is 167 cm³/mol. The first-order chi connectivity index (χ1) is 21.6. The molecule has 1 atom stereocenters. The number of esters is 2. The third-order valence-corrected chi connectivity index (χ3v) is 8.32. The summed E-state index contributed by atoms with van der Waals surface area (Å²) in [6.07, 6.45) is 1.64. The molecule has 0 unspecified atom stereocenters. The highest BCUT2D eigenvalue weighted by Crippen LogP contribution is 2.42. The summed E-state index contributed by atoms with van der Waals surface area (Å²) in [5.41, 5.74) is 2.86. The van der Waals surface area contributed by atoms with Gasteiger partial charge in [0, 0.05) is 11.6 Å².